The number of fused-ring (bicyclic) bond motifs is 1. The molecule has 0 radical (unpaired) electrons. The summed E-state index contributed by atoms with van der Waals surface area (Å²) < 4.78 is 5.63. The number of carboxylic acid groups (broad SMARTS) is 3. The van der Waals surface area contributed by atoms with E-state index in [1.807, 2.05) is 0 Å². The molecule has 2 aliphatic rings. The number of carboxylic acids is 3. The predicted octanol–water partition coefficient (Wildman–Crippen LogP) is -8.01. The number of imidazole rings is 1. The summed E-state index contributed by atoms with van der Waals surface area (Å²) in [5.74, 6) is -22.2. The number of aromatic amines is 2. The summed E-state index contributed by atoms with van der Waals surface area (Å²) in [6.45, 7) is 13.8. The van der Waals surface area contributed by atoms with Gasteiger partial charge in [-0.25, -0.2) is 4.98 Å². The van der Waals surface area contributed by atoms with Crippen LogP contribution in [-0.4, -0.2) is 344 Å². The molecule has 2 aliphatic heterocycles. The van der Waals surface area contributed by atoms with Crippen molar-refractivity contribution in [2.24, 2.45) is 29.4 Å². The van der Waals surface area contributed by atoms with Crippen LogP contribution < -0.4 is 85.5 Å². The number of benzene rings is 1. The number of aliphatic hydroxyl groups excluding tert-OH is 7. The molecule has 0 spiro atoms. The Kier molecular flexibility index (Phi) is 45.2. The number of rotatable bonds is 57. The summed E-state index contributed by atoms with van der Waals surface area (Å²) in [5, 5.41) is 141. The molecule has 49 nitrogen and oxygen atoms in total. The number of hydrogen-bond acceptors (Lipinski definition) is 29. The van der Waals surface area contributed by atoms with Crippen LogP contribution >= 0.6 is 0 Å². The first-order chi connectivity index (χ1) is 63.0. The van der Waals surface area contributed by atoms with Gasteiger partial charge in [0.05, 0.1) is 50.1 Å². The molecule has 29 N–H and O–H groups in total. The summed E-state index contributed by atoms with van der Waals surface area (Å²) in [5.41, 5.74) is 5.16. The topological polar surface area (TPSA) is 773 Å². The fourth-order valence-corrected chi connectivity index (χ4v) is 14.9. The van der Waals surface area contributed by atoms with E-state index >= 15 is 0 Å². The predicted molar refractivity (Wildman–Crippen MR) is 473 cm³/mol. The molecule has 748 valence electrons. The first kappa shape index (κ1) is 113. The molecule has 2 saturated heterocycles. The Morgan fingerprint density at radius 2 is 0.970 bits per heavy atom. The Balaban J connectivity index is 1.25. The number of amides is 15. The van der Waals surface area contributed by atoms with Crippen LogP contribution in [0.15, 0.2) is 43.0 Å². The zero-order chi connectivity index (χ0) is 100. The number of likely N-dealkylation sites (tertiary alicyclic amines) is 1. The van der Waals surface area contributed by atoms with Gasteiger partial charge < -0.3 is 151 Å². The smallest absolute Gasteiger partial charge is 0.322 e. The molecule has 2 fully saturated rings. The number of hydrogen-bond donors (Lipinski definition) is 28. The van der Waals surface area contributed by atoms with Crippen molar-refractivity contribution >= 4 is 117 Å². The molecule has 3 aromatic rings. The molecule has 4 heterocycles. The lowest BCUT2D eigenvalue weighted by Gasteiger charge is -2.36. The fourth-order valence-electron chi connectivity index (χ4n) is 14.9. The number of nitrogens with one attached hydrogen (secondary N) is 17. The number of aliphatic hydroxyl groups is 7. The van der Waals surface area contributed by atoms with Crippen LogP contribution in [0, 0.1) is 23.7 Å². The Morgan fingerprint density at radius 3 is 1.49 bits per heavy atom. The minimum Gasteiger partial charge on any atom is -0.481 e. The van der Waals surface area contributed by atoms with Gasteiger partial charge in [-0.05, 0) is 127 Å². The van der Waals surface area contributed by atoms with Crippen LogP contribution in [0.25, 0.3) is 10.9 Å². The molecule has 21 atom stereocenters. The molecule has 0 aliphatic carbocycles. The summed E-state index contributed by atoms with van der Waals surface area (Å²) in [7, 11) is 0. The molecule has 0 saturated carbocycles. The zero-order valence-corrected chi connectivity index (χ0v) is 77.0. The number of aliphatic carboxylic acids is 3. The van der Waals surface area contributed by atoms with Crippen LogP contribution in [0.3, 0.4) is 0 Å². The van der Waals surface area contributed by atoms with Gasteiger partial charge in [0, 0.05) is 55.5 Å². The molecule has 5 rings (SSSR count). The Bertz CT molecular complexity index is 4510. The summed E-state index contributed by atoms with van der Waals surface area (Å²) >= 11 is 0. The van der Waals surface area contributed by atoms with Crippen molar-refractivity contribution < 1.29 is 142 Å². The van der Waals surface area contributed by atoms with E-state index in [0.29, 0.717) is 5.56 Å². The van der Waals surface area contributed by atoms with Gasteiger partial charge in [-0.1, -0.05) is 73.6 Å². The number of aromatic nitrogens is 3. The van der Waals surface area contributed by atoms with Crippen LogP contribution in [0.4, 0.5) is 0 Å². The molecule has 0 bridgehead atoms. The van der Waals surface area contributed by atoms with Gasteiger partial charge in [0.25, 0.3) is 0 Å². The lowest BCUT2D eigenvalue weighted by Crippen LogP contribution is -2.66. The fraction of sp³-hybridized carbons (Fsp3) is 0.659. The van der Waals surface area contributed by atoms with Crippen molar-refractivity contribution in [2.75, 3.05) is 39.5 Å². The number of ether oxygens (including phenoxy) is 1. The van der Waals surface area contributed by atoms with Gasteiger partial charge in [-0.2, -0.15) is 0 Å². The largest absolute Gasteiger partial charge is 0.481 e. The third kappa shape index (κ3) is 33.9. The molecule has 49 heteroatoms. The Hall–Kier alpha value is -12.0. The van der Waals surface area contributed by atoms with Crippen molar-refractivity contribution in [3.63, 3.8) is 0 Å². The monoisotopic (exact) mass is 1900 g/mol. The van der Waals surface area contributed by atoms with E-state index in [4.69, 9.17) is 10.5 Å². The van der Waals surface area contributed by atoms with Crippen LogP contribution in [0.5, 0.6) is 0 Å². The van der Waals surface area contributed by atoms with Crippen molar-refractivity contribution in [3.8, 4) is 0 Å². The second-order valence-electron chi connectivity index (χ2n) is 35.0. The number of nitrogens with zero attached hydrogens (tertiary/aromatic N) is 2. The molecule has 2 aromatic heterocycles. The lowest BCUT2D eigenvalue weighted by atomic mass is 9.97. The molecule has 0 unspecified atom stereocenters. The number of unbranched alkanes of at least 4 members (excludes halogenated alkanes) is 1. The van der Waals surface area contributed by atoms with Gasteiger partial charge in [0.15, 0.2) is 5.72 Å². The van der Waals surface area contributed by atoms with E-state index in [2.05, 4.69) is 94.7 Å². The standard InChI is InChI=1S/C85H134N20O29/c1-39(2)28-54(76(125)98-56(72(121)89-34-63(115)116)30-47-32-88-50-19-14-13-18-49(47)50)96-70(119)43(9)92-83(132)66(45(11)109)102-81(130)64(41(5)6)101-71(120)44(10)91-79(128)58(35-106)100-73(122)51(20-15-16-26-86)93-74(123)52(22-24-61(111)112)94-75(124)53(23-25-62(113)114)95-80(129)59-21-17-27-105(59)84(133)67(46(12)110)103-78(127)55(29-40(3)4)97-77(126)57(31-48-33-87-38-90-48)99-82(131)65(42(7)8)104-85(37-108)69(118)68(117)60(36-107)134-85/h13-14,18-19,32-33,38-46,51-60,64-69,88,104,106-110,117-118H,15-17,20-31,34-37,86H2,1-12H3,(H,87,90)(H,89,121)(H,91,128)(H,92,132)(H,93,123)(H,94,124)(H,95,129)(H,96,119)(H,97,126)(H,98,125)(H,99,131)(H,100,122)(H,101,120)(H,102,130)(H,103,127)(H,111,112)(H,113,114)(H,115,116)/t43-,44-,45+,46+,51-,52-,53-,54-,55-,56-,57-,58-,59-,60+,64-,65-,66-,67-,68+,69-,85-/m0/s1. The lowest BCUT2D eigenvalue weighted by molar-refractivity contribution is -0.153. The highest BCUT2D eigenvalue weighted by molar-refractivity contribution is 6.01. The quantitative estimate of drug-likeness (QED) is 0.0233. The van der Waals surface area contributed by atoms with Gasteiger partial charge in [-0.15, -0.1) is 0 Å². The third-order valence-electron chi connectivity index (χ3n) is 22.4. The second kappa shape index (κ2) is 53.8. The van der Waals surface area contributed by atoms with E-state index in [0.717, 1.165) is 36.6 Å². The highest BCUT2D eigenvalue weighted by Crippen LogP contribution is 2.31. The summed E-state index contributed by atoms with van der Waals surface area (Å²) in [4.78, 5) is 259. The molecule has 15 amide bonds. The molecule has 134 heavy (non-hydrogen) atoms. The van der Waals surface area contributed by atoms with Crippen LogP contribution in [0.1, 0.15) is 165 Å². The number of H-pyrrole nitrogens is 2. The maximum Gasteiger partial charge on any atom is 0.322 e. The van der Waals surface area contributed by atoms with E-state index < -0.39 is 297 Å². The van der Waals surface area contributed by atoms with Gasteiger partial charge in [0.2, 0.25) is 88.6 Å². The van der Waals surface area contributed by atoms with Gasteiger partial charge in [0.1, 0.15) is 109 Å². The van der Waals surface area contributed by atoms with E-state index in [1.54, 1.807) is 72.0 Å². The van der Waals surface area contributed by atoms with Crippen LogP contribution in [0.2, 0.25) is 0 Å². The summed E-state index contributed by atoms with van der Waals surface area (Å²) in [6.07, 6.45) is -7.56. The first-order valence-corrected chi connectivity index (χ1v) is 44.4. The van der Waals surface area contributed by atoms with Crippen molar-refractivity contribution in [1.82, 2.24) is 99.6 Å². The molecular weight excluding hydrogens is 1770 g/mol. The highest BCUT2D eigenvalue weighted by atomic mass is 16.6. The summed E-state index contributed by atoms with van der Waals surface area (Å²) in [6, 6.07) is -17.2. The first-order valence-electron chi connectivity index (χ1n) is 44.4. The number of para-hydroxylation sites is 1. The minimum absolute atomic E-state index is 0.00512. The van der Waals surface area contributed by atoms with Crippen LogP contribution in [-0.2, 0) is 104 Å². The number of carbonyl (C=O) groups excluding carboxylic acids is 15. The van der Waals surface area contributed by atoms with Crippen molar-refractivity contribution in [1.29, 1.82) is 0 Å². The average Bonchev–Trinajstić information content (AvgIpc) is 1.61. The maximum atomic E-state index is 14.7. The highest BCUT2D eigenvalue weighted by Gasteiger charge is 2.56. The SMILES string of the molecule is CC(C)C[C@H](NC(=O)[C@H](C)NC(=O)[C@@H](NC(=O)[C@@H](NC(=O)[C@H](C)NC(=O)[C@H](CO)NC(=O)[C@H](CCCCN)NC(=O)[C@H](CCC(=O)O)NC(=O)[C@H](CCC(=O)O)NC(=O)[C@@H]1CCCN1C(=O)[C@@H](NC(=O)[C@H](CC(C)C)NC(=O)[C@H](Cc1c[nH]cn1)NC(=O)[C@@H](N[C@@]1(CO)O[C@H](CO)[C@@H](O)[C@@H]1O)C(C)C)[C@@H](C)O)C(C)C)[C@@H](C)O)C(=O)N[C@@H](Cc1c[nH]c2ccccc12)C(=O)NCC(=O)O. The van der Waals surface area contributed by atoms with E-state index in [-0.39, 0.29) is 88.4 Å². The average molecular weight is 1900 g/mol. The normalized spacial score (nSPS) is 19.6. The van der Waals surface area contributed by atoms with Gasteiger partial charge in [-0.3, -0.25) is 91.6 Å². The second-order valence-corrected chi connectivity index (χ2v) is 35.0. The van der Waals surface area contributed by atoms with Gasteiger partial charge >= 0.3 is 17.9 Å². The number of nitrogens with two attached hydrogens (primary N) is 1. The minimum atomic E-state index is -2.17. The molecule has 1 aromatic carbocycles. The maximum absolute atomic E-state index is 14.7. The number of carbonyl (C=O) groups is 18. The zero-order valence-electron chi connectivity index (χ0n) is 77.0. The third-order valence-corrected chi connectivity index (χ3v) is 22.4. The van der Waals surface area contributed by atoms with Crippen molar-refractivity contribution in [3.05, 3.63) is 54.2 Å². The Morgan fingerprint density at radius 1 is 0.507 bits per heavy atom. The Labute approximate surface area is 772 Å². The van der Waals surface area contributed by atoms with E-state index in [9.17, 15) is 137 Å². The molecular formula is C85H134N20O29. The van der Waals surface area contributed by atoms with E-state index in [1.165, 1.54) is 33.3 Å². The van der Waals surface area contributed by atoms with Crippen molar-refractivity contribution in [2.45, 2.75) is 293 Å².